The van der Waals surface area contributed by atoms with Gasteiger partial charge in [-0.2, -0.15) is 0 Å². The average molecular weight is 302 g/mol. The summed E-state index contributed by atoms with van der Waals surface area (Å²) in [5.41, 5.74) is 0.961. The first-order valence-electron chi connectivity index (χ1n) is 5.64. The summed E-state index contributed by atoms with van der Waals surface area (Å²) in [6.45, 7) is 1.81. The van der Waals surface area contributed by atoms with Crippen molar-refractivity contribution in [2.45, 2.75) is 13.0 Å². The van der Waals surface area contributed by atoms with Crippen LogP contribution >= 0.6 is 23.2 Å². The minimum atomic E-state index is -0.485. The number of hydrogen-bond donors (Lipinski definition) is 1. The SMILES string of the molecule is CC(Nc1c(F)cccc1Cl)c1ccc(F)c(Cl)c1. The second kappa shape index (κ2) is 5.76. The maximum atomic E-state index is 13.6. The molecule has 0 aliphatic heterocycles. The molecule has 2 aromatic rings. The lowest BCUT2D eigenvalue weighted by Crippen LogP contribution is -2.08. The molecule has 0 spiro atoms. The molecule has 1 unspecified atom stereocenters. The van der Waals surface area contributed by atoms with Crippen LogP contribution in [0.3, 0.4) is 0 Å². The van der Waals surface area contributed by atoms with Gasteiger partial charge in [0.05, 0.1) is 15.7 Å². The van der Waals surface area contributed by atoms with Crippen LogP contribution in [0.25, 0.3) is 0 Å². The molecule has 5 heteroatoms. The van der Waals surface area contributed by atoms with Crippen molar-refractivity contribution in [1.82, 2.24) is 0 Å². The molecular weight excluding hydrogens is 291 g/mol. The third-order valence-electron chi connectivity index (χ3n) is 2.77. The third kappa shape index (κ3) is 3.17. The fourth-order valence-electron chi connectivity index (χ4n) is 1.72. The van der Waals surface area contributed by atoms with Crippen molar-refractivity contribution >= 4 is 28.9 Å². The van der Waals surface area contributed by atoms with Gasteiger partial charge in [0, 0.05) is 6.04 Å². The second-order valence-corrected chi connectivity index (χ2v) is 4.95. The average Bonchev–Trinajstić information content (AvgIpc) is 2.37. The molecule has 1 atom stereocenters. The number of nitrogens with one attached hydrogen (secondary N) is 1. The summed E-state index contributed by atoms with van der Waals surface area (Å²) in [4.78, 5) is 0. The third-order valence-corrected chi connectivity index (χ3v) is 3.37. The number of anilines is 1. The van der Waals surface area contributed by atoms with E-state index in [1.165, 1.54) is 24.3 Å². The molecule has 0 saturated carbocycles. The molecule has 0 fully saturated rings. The summed E-state index contributed by atoms with van der Waals surface area (Å²) < 4.78 is 26.7. The van der Waals surface area contributed by atoms with Crippen LogP contribution in [0.15, 0.2) is 36.4 Å². The highest BCUT2D eigenvalue weighted by Crippen LogP contribution is 2.29. The predicted molar refractivity (Wildman–Crippen MR) is 74.9 cm³/mol. The zero-order valence-corrected chi connectivity index (χ0v) is 11.6. The fraction of sp³-hybridized carbons (Fsp3) is 0.143. The Morgan fingerprint density at radius 2 is 1.74 bits per heavy atom. The summed E-state index contributed by atoms with van der Waals surface area (Å²) in [5, 5.41) is 3.28. The van der Waals surface area contributed by atoms with Gasteiger partial charge >= 0.3 is 0 Å². The highest BCUT2D eigenvalue weighted by atomic mass is 35.5. The molecule has 0 amide bonds. The van der Waals surface area contributed by atoms with Gasteiger partial charge in [0.2, 0.25) is 0 Å². The zero-order valence-electron chi connectivity index (χ0n) is 10.1. The summed E-state index contributed by atoms with van der Waals surface area (Å²) in [6, 6.07) is 8.56. The zero-order chi connectivity index (χ0) is 14.0. The number of hydrogen-bond acceptors (Lipinski definition) is 1. The van der Waals surface area contributed by atoms with Crippen LogP contribution in [0.5, 0.6) is 0 Å². The van der Waals surface area contributed by atoms with E-state index in [1.807, 2.05) is 6.92 Å². The van der Waals surface area contributed by atoms with Gasteiger partial charge in [-0.3, -0.25) is 0 Å². The van der Waals surface area contributed by atoms with Crippen molar-refractivity contribution in [1.29, 1.82) is 0 Å². The Kier molecular flexibility index (Phi) is 4.27. The van der Waals surface area contributed by atoms with Crippen molar-refractivity contribution in [2.75, 3.05) is 5.32 Å². The number of para-hydroxylation sites is 1. The van der Waals surface area contributed by atoms with Crippen molar-refractivity contribution in [3.8, 4) is 0 Å². The van der Waals surface area contributed by atoms with Crippen molar-refractivity contribution in [3.63, 3.8) is 0 Å². The minimum Gasteiger partial charge on any atom is -0.375 e. The van der Waals surface area contributed by atoms with E-state index >= 15 is 0 Å². The van der Waals surface area contributed by atoms with Crippen LogP contribution in [0.4, 0.5) is 14.5 Å². The molecule has 2 rings (SSSR count). The predicted octanol–water partition coefficient (Wildman–Crippen LogP) is 5.44. The van der Waals surface area contributed by atoms with E-state index < -0.39 is 11.6 Å². The Hall–Kier alpha value is -1.32. The topological polar surface area (TPSA) is 12.0 Å². The summed E-state index contributed by atoms with van der Waals surface area (Å²) in [6.07, 6.45) is 0. The molecule has 0 aliphatic rings. The van der Waals surface area contributed by atoms with Crippen molar-refractivity contribution in [2.24, 2.45) is 0 Å². The first-order chi connectivity index (χ1) is 8.99. The van der Waals surface area contributed by atoms with Crippen molar-refractivity contribution < 1.29 is 8.78 Å². The molecule has 0 radical (unpaired) electrons. The second-order valence-electron chi connectivity index (χ2n) is 4.14. The Balaban J connectivity index is 2.25. The normalized spacial score (nSPS) is 12.3. The lowest BCUT2D eigenvalue weighted by atomic mass is 10.1. The fourth-order valence-corrected chi connectivity index (χ4v) is 2.12. The Bertz CT molecular complexity index is 582. The van der Waals surface area contributed by atoms with E-state index in [-0.39, 0.29) is 16.8 Å². The van der Waals surface area contributed by atoms with E-state index in [9.17, 15) is 8.78 Å². The standard InChI is InChI=1S/C14H11Cl2F2N/c1-8(9-5-6-12(17)11(16)7-9)19-14-10(15)3-2-4-13(14)18/h2-8,19H,1H3. The van der Waals surface area contributed by atoms with E-state index in [0.29, 0.717) is 5.02 Å². The Morgan fingerprint density at radius 3 is 2.37 bits per heavy atom. The van der Waals surface area contributed by atoms with Gasteiger partial charge in [0.15, 0.2) is 0 Å². The molecule has 1 N–H and O–H groups in total. The summed E-state index contributed by atoms with van der Waals surface area (Å²) in [5.74, 6) is -0.922. The van der Waals surface area contributed by atoms with E-state index in [4.69, 9.17) is 23.2 Å². The smallest absolute Gasteiger partial charge is 0.147 e. The van der Waals surface area contributed by atoms with Gasteiger partial charge in [-0.15, -0.1) is 0 Å². The van der Waals surface area contributed by atoms with Crippen LogP contribution in [-0.4, -0.2) is 0 Å². The molecule has 100 valence electrons. The highest BCUT2D eigenvalue weighted by Gasteiger charge is 2.12. The number of benzene rings is 2. The van der Waals surface area contributed by atoms with Crippen LogP contribution in [0.2, 0.25) is 10.0 Å². The molecule has 0 aliphatic carbocycles. The van der Waals surface area contributed by atoms with Crippen LogP contribution < -0.4 is 5.32 Å². The number of halogens is 4. The summed E-state index contributed by atoms with van der Waals surface area (Å²) in [7, 11) is 0. The van der Waals surface area contributed by atoms with Crippen LogP contribution in [0.1, 0.15) is 18.5 Å². The van der Waals surface area contributed by atoms with Gasteiger partial charge in [-0.05, 0) is 36.8 Å². The molecule has 0 aromatic heterocycles. The van der Waals surface area contributed by atoms with Crippen LogP contribution in [0, 0.1) is 11.6 Å². The molecule has 0 bridgehead atoms. The lowest BCUT2D eigenvalue weighted by molar-refractivity contribution is 0.624. The minimum absolute atomic E-state index is 0.0331. The maximum absolute atomic E-state index is 13.6. The largest absolute Gasteiger partial charge is 0.375 e. The first-order valence-corrected chi connectivity index (χ1v) is 6.40. The van der Waals surface area contributed by atoms with Gasteiger partial charge in [0.25, 0.3) is 0 Å². The maximum Gasteiger partial charge on any atom is 0.147 e. The van der Waals surface area contributed by atoms with E-state index in [0.717, 1.165) is 5.56 Å². The number of rotatable bonds is 3. The molecule has 19 heavy (non-hydrogen) atoms. The first kappa shape index (κ1) is 14.1. The lowest BCUT2D eigenvalue weighted by Gasteiger charge is -2.17. The Labute approximate surface area is 120 Å². The van der Waals surface area contributed by atoms with E-state index in [2.05, 4.69) is 5.32 Å². The quantitative estimate of drug-likeness (QED) is 0.795. The van der Waals surface area contributed by atoms with E-state index in [1.54, 1.807) is 12.1 Å². The molecular formula is C14H11Cl2F2N. The summed E-state index contributed by atoms with van der Waals surface area (Å²) >= 11 is 11.6. The van der Waals surface area contributed by atoms with Gasteiger partial charge in [-0.1, -0.05) is 35.3 Å². The monoisotopic (exact) mass is 301 g/mol. The van der Waals surface area contributed by atoms with Gasteiger partial charge < -0.3 is 5.32 Å². The van der Waals surface area contributed by atoms with Crippen molar-refractivity contribution in [3.05, 3.63) is 63.6 Å². The molecule has 0 saturated heterocycles. The highest BCUT2D eigenvalue weighted by molar-refractivity contribution is 6.33. The molecule has 0 heterocycles. The Morgan fingerprint density at radius 1 is 1.00 bits per heavy atom. The van der Waals surface area contributed by atoms with Gasteiger partial charge in [0.1, 0.15) is 11.6 Å². The molecule has 2 aromatic carbocycles. The molecule has 1 nitrogen and oxygen atoms in total. The van der Waals surface area contributed by atoms with Gasteiger partial charge in [-0.25, -0.2) is 8.78 Å². The van der Waals surface area contributed by atoms with Crippen LogP contribution in [-0.2, 0) is 0 Å².